The standard InChI is InChI=1S/C37H42BF5O5/c1-3-5-29(12-8-23(4-2)35(45)18-27(38)16-26-17-33(41)34(42)20-32(26)40)47-30-10-6-22(7-11-30)14-25-15-24(9-13-31(25)39)37-36(48-43)19-28(44)21-46-37/h6-7,9-11,13,15,17,20,23,27-29,36-37,44H,3-5,8,12,14,16,18-19,21H2,1-2H3/t23?,27?,28?,29?,36?,37-/m0/s1. The topological polar surface area (TPSA) is 65.0 Å². The molecule has 6 atom stereocenters. The number of hydrogen-bond acceptors (Lipinski definition) is 5. The van der Waals surface area contributed by atoms with Gasteiger partial charge in [0.25, 0.3) is 0 Å². The van der Waals surface area contributed by atoms with Gasteiger partial charge >= 0.3 is 0 Å². The van der Waals surface area contributed by atoms with Gasteiger partial charge in [0.15, 0.2) is 11.6 Å². The van der Waals surface area contributed by atoms with Gasteiger partial charge in [-0.25, -0.2) is 17.6 Å². The van der Waals surface area contributed by atoms with Gasteiger partial charge in [0.05, 0.1) is 26.7 Å². The fraction of sp³-hybridized carbons (Fsp3) is 0.486. The van der Waals surface area contributed by atoms with Crippen LogP contribution in [-0.2, 0) is 27.3 Å². The van der Waals surface area contributed by atoms with E-state index in [1.807, 2.05) is 38.1 Å². The largest absolute Gasteiger partial charge is 0.490 e. The van der Waals surface area contributed by atoms with E-state index in [-0.39, 0.29) is 55.7 Å². The molecule has 5 unspecified atom stereocenters. The lowest BCUT2D eigenvalue weighted by molar-refractivity contribution is -0.248. The zero-order valence-electron chi connectivity index (χ0n) is 27.3. The van der Waals surface area contributed by atoms with Crippen LogP contribution in [0, 0.1) is 29.2 Å². The van der Waals surface area contributed by atoms with E-state index < -0.39 is 47.4 Å². The summed E-state index contributed by atoms with van der Waals surface area (Å²) in [5.41, 5.74) is 1.73. The van der Waals surface area contributed by atoms with Gasteiger partial charge in [0.1, 0.15) is 35.4 Å². The summed E-state index contributed by atoms with van der Waals surface area (Å²) < 4.78 is 80.7. The van der Waals surface area contributed by atoms with Crippen molar-refractivity contribution in [3.05, 3.63) is 100 Å². The number of halogens is 5. The number of Topliss-reactive ketones (excluding diaryl/α,β-unsaturated/α-hetero) is 1. The first kappa shape index (κ1) is 37.5. The Bertz CT molecular complexity index is 1490. The van der Waals surface area contributed by atoms with E-state index in [9.17, 15) is 32.0 Å². The SMILES string of the molecule is [B]C(CC(=O)C(CC)CCC(CCC)Oc1ccc(Cc2cc([C@@H]3OCC(O)CC3OF)ccc2F)cc1)Cc1cc(F)c(F)cc1F. The maximum absolute atomic E-state index is 14.8. The van der Waals surface area contributed by atoms with Crippen LogP contribution < -0.4 is 4.74 Å². The normalized spacial score (nSPS) is 19.9. The summed E-state index contributed by atoms with van der Waals surface area (Å²) in [7, 11) is 6.11. The molecule has 1 aliphatic heterocycles. The molecule has 0 spiro atoms. The molecule has 258 valence electrons. The minimum absolute atomic E-state index is 0.0117. The summed E-state index contributed by atoms with van der Waals surface area (Å²) in [6, 6.07) is 13.1. The third-order valence-electron chi connectivity index (χ3n) is 8.87. The van der Waals surface area contributed by atoms with Crippen LogP contribution in [0.5, 0.6) is 5.75 Å². The van der Waals surface area contributed by atoms with Crippen molar-refractivity contribution < 1.29 is 46.4 Å². The molecule has 11 heteroatoms. The number of ether oxygens (including phenoxy) is 2. The fourth-order valence-electron chi connectivity index (χ4n) is 6.25. The van der Waals surface area contributed by atoms with Crippen molar-refractivity contribution in [2.24, 2.45) is 5.92 Å². The van der Waals surface area contributed by atoms with E-state index in [1.165, 1.54) is 12.1 Å². The molecule has 3 aromatic rings. The van der Waals surface area contributed by atoms with Gasteiger partial charge in [-0.2, -0.15) is 4.94 Å². The lowest BCUT2D eigenvalue weighted by atomic mass is 9.76. The number of carbonyl (C=O) groups excluding carboxylic acids is 1. The molecular weight excluding hydrogens is 630 g/mol. The van der Waals surface area contributed by atoms with E-state index in [1.54, 1.807) is 6.07 Å². The highest BCUT2D eigenvalue weighted by atomic mass is 19.3. The molecule has 0 bridgehead atoms. The highest BCUT2D eigenvalue weighted by Crippen LogP contribution is 2.33. The predicted molar refractivity (Wildman–Crippen MR) is 172 cm³/mol. The number of ketones is 1. The molecule has 5 nitrogen and oxygen atoms in total. The fourth-order valence-corrected chi connectivity index (χ4v) is 6.25. The van der Waals surface area contributed by atoms with Gasteiger partial charge in [0, 0.05) is 31.2 Å². The number of carbonyl (C=O) groups is 1. The maximum atomic E-state index is 14.8. The van der Waals surface area contributed by atoms with Crippen molar-refractivity contribution in [3.63, 3.8) is 0 Å². The van der Waals surface area contributed by atoms with Crippen molar-refractivity contribution >= 4 is 13.6 Å². The van der Waals surface area contributed by atoms with E-state index in [0.29, 0.717) is 42.2 Å². The monoisotopic (exact) mass is 672 g/mol. The maximum Gasteiger partial charge on any atom is 0.161 e. The molecule has 0 aromatic heterocycles. The molecule has 1 N–H and O–H groups in total. The smallest absolute Gasteiger partial charge is 0.161 e. The molecular formula is C37H42BF5O5. The lowest BCUT2D eigenvalue weighted by Crippen LogP contribution is -2.36. The molecule has 0 amide bonds. The van der Waals surface area contributed by atoms with Crippen LogP contribution in [-0.4, -0.2) is 43.7 Å². The van der Waals surface area contributed by atoms with Crippen LogP contribution in [0.25, 0.3) is 0 Å². The second kappa shape index (κ2) is 17.9. The molecule has 2 radical (unpaired) electrons. The second-order valence-corrected chi connectivity index (χ2v) is 12.6. The Hall–Kier alpha value is -3.28. The summed E-state index contributed by atoms with van der Waals surface area (Å²) in [6.45, 7) is 3.99. The Balaban J connectivity index is 1.32. The molecule has 1 heterocycles. The number of benzene rings is 3. The van der Waals surface area contributed by atoms with Crippen molar-refractivity contribution in [1.29, 1.82) is 0 Å². The van der Waals surface area contributed by atoms with Crippen LogP contribution >= 0.6 is 0 Å². The average Bonchev–Trinajstić information content (AvgIpc) is 3.05. The number of aliphatic hydroxyl groups is 1. The average molecular weight is 673 g/mol. The molecule has 1 saturated heterocycles. The van der Waals surface area contributed by atoms with Crippen molar-refractivity contribution in [1.82, 2.24) is 0 Å². The Morgan fingerprint density at radius 1 is 0.938 bits per heavy atom. The summed E-state index contributed by atoms with van der Waals surface area (Å²) in [5.74, 6) is -4.19. The Kier molecular flexibility index (Phi) is 14.0. The third-order valence-corrected chi connectivity index (χ3v) is 8.87. The van der Waals surface area contributed by atoms with E-state index in [2.05, 4.69) is 4.94 Å². The van der Waals surface area contributed by atoms with Crippen LogP contribution in [0.15, 0.2) is 54.6 Å². The Labute approximate surface area is 280 Å². The van der Waals surface area contributed by atoms with E-state index in [4.69, 9.17) is 17.3 Å². The summed E-state index contributed by atoms with van der Waals surface area (Å²) in [6.07, 6.45) is 0.922. The van der Waals surface area contributed by atoms with Crippen molar-refractivity contribution in [2.75, 3.05) is 6.61 Å². The Morgan fingerprint density at radius 3 is 2.35 bits per heavy atom. The van der Waals surface area contributed by atoms with E-state index >= 15 is 0 Å². The molecule has 1 fully saturated rings. The first-order valence-corrected chi connectivity index (χ1v) is 16.5. The van der Waals surface area contributed by atoms with Gasteiger partial charge < -0.3 is 14.6 Å². The highest BCUT2D eigenvalue weighted by Gasteiger charge is 2.34. The minimum atomic E-state index is -1.28. The lowest BCUT2D eigenvalue weighted by Gasteiger charge is -2.32. The van der Waals surface area contributed by atoms with Crippen molar-refractivity contribution in [2.45, 2.75) is 102 Å². The van der Waals surface area contributed by atoms with Crippen LogP contribution in [0.1, 0.15) is 87.2 Å². The van der Waals surface area contributed by atoms with Gasteiger partial charge in [-0.3, -0.25) is 4.79 Å². The second-order valence-electron chi connectivity index (χ2n) is 12.6. The quantitative estimate of drug-likeness (QED) is 0.0887. The third kappa shape index (κ3) is 10.4. The summed E-state index contributed by atoms with van der Waals surface area (Å²) in [5, 5.41) is 9.77. The molecule has 0 aliphatic carbocycles. The Morgan fingerprint density at radius 2 is 1.67 bits per heavy atom. The number of aliphatic hydroxyl groups excluding tert-OH is 1. The minimum Gasteiger partial charge on any atom is -0.490 e. The first-order chi connectivity index (χ1) is 23.0. The van der Waals surface area contributed by atoms with Crippen LogP contribution in [0.2, 0.25) is 5.82 Å². The van der Waals surface area contributed by atoms with Gasteiger partial charge in [-0.05, 0) is 89.2 Å². The summed E-state index contributed by atoms with van der Waals surface area (Å²) >= 11 is 0. The van der Waals surface area contributed by atoms with Gasteiger partial charge in [-0.15, -0.1) is 0 Å². The molecule has 0 saturated carbocycles. The zero-order chi connectivity index (χ0) is 34.8. The van der Waals surface area contributed by atoms with E-state index in [0.717, 1.165) is 24.5 Å². The van der Waals surface area contributed by atoms with Gasteiger partial charge in [0.2, 0.25) is 0 Å². The molecule has 1 aliphatic rings. The first-order valence-electron chi connectivity index (χ1n) is 16.5. The predicted octanol–water partition coefficient (Wildman–Crippen LogP) is 8.44. The molecule has 4 rings (SSSR count). The van der Waals surface area contributed by atoms with Crippen LogP contribution in [0.4, 0.5) is 22.1 Å². The highest BCUT2D eigenvalue weighted by molar-refractivity contribution is 6.13. The van der Waals surface area contributed by atoms with Crippen molar-refractivity contribution in [3.8, 4) is 5.75 Å². The number of rotatable bonds is 17. The van der Waals surface area contributed by atoms with Crippen LogP contribution in [0.3, 0.4) is 0 Å². The summed E-state index contributed by atoms with van der Waals surface area (Å²) in [4.78, 5) is 17.1. The zero-order valence-corrected chi connectivity index (χ0v) is 27.3. The number of hydrogen-bond donors (Lipinski definition) is 1. The molecule has 3 aromatic carbocycles. The van der Waals surface area contributed by atoms with Gasteiger partial charge in [-0.1, -0.05) is 44.3 Å². The molecule has 48 heavy (non-hydrogen) atoms.